The molecule has 2 saturated heterocycles. The van der Waals surface area contributed by atoms with Crippen LogP contribution in [0.3, 0.4) is 0 Å². The molecular weight excluding hydrogens is 340 g/mol. The minimum Gasteiger partial charge on any atom is -0.379 e. The van der Waals surface area contributed by atoms with E-state index in [-0.39, 0.29) is 6.10 Å². The molecule has 146 valence electrons. The Morgan fingerprint density at radius 1 is 1.04 bits per heavy atom. The van der Waals surface area contributed by atoms with Crippen molar-refractivity contribution in [2.45, 2.75) is 19.1 Å². The van der Waals surface area contributed by atoms with Crippen LogP contribution < -0.4 is 0 Å². The van der Waals surface area contributed by atoms with Gasteiger partial charge in [-0.05, 0) is 6.42 Å². The number of benzene rings is 1. The minimum atomic E-state index is 0.266. The fourth-order valence-electron chi connectivity index (χ4n) is 4.03. The van der Waals surface area contributed by atoms with E-state index in [1.807, 2.05) is 11.7 Å². The highest BCUT2D eigenvalue weighted by atomic mass is 16.5. The van der Waals surface area contributed by atoms with Crippen molar-refractivity contribution in [2.75, 3.05) is 52.5 Å². The second-order valence-corrected chi connectivity index (χ2v) is 7.54. The smallest absolute Gasteiger partial charge is 0.0968 e. The van der Waals surface area contributed by atoms with Crippen molar-refractivity contribution >= 4 is 0 Å². The molecule has 27 heavy (non-hydrogen) atoms. The molecule has 0 bridgehead atoms. The Balaban J connectivity index is 1.44. The Labute approximate surface area is 161 Å². The molecule has 4 rings (SSSR count). The van der Waals surface area contributed by atoms with Crippen LogP contribution >= 0.6 is 0 Å². The van der Waals surface area contributed by atoms with Crippen molar-refractivity contribution in [3.05, 3.63) is 42.1 Å². The van der Waals surface area contributed by atoms with E-state index in [0.717, 1.165) is 71.2 Å². The largest absolute Gasteiger partial charge is 0.379 e. The summed E-state index contributed by atoms with van der Waals surface area (Å²) in [4.78, 5) is 5.00. The van der Waals surface area contributed by atoms with E-state index in [2.05, 4.69) is 46.3 Å². The summed E-state index contributed by atoms with van der Waals surface area (Å²) in [5.74, 6) is 0. The van der Waals surface area contributed by atoms with Crippen LogP contribution in [0.4, 0.5) is 0 Å². The molecule has 3 heterocycles. The highest BCUT2D eigenvalue weighted by Gasteiger charge is 2.23. The van der Waals surface area contributed by atoms with E-state index in [4.69, 9.17) is 14.6 Å². The van der Waals surface area contributed by atoms with Gasteiger partial charge in [0.1, 0.15) is 0 Å². The maximum absolute atomic E-state index is 6.15. The lowest BCUT2D eigenvalue weighted by Gasteiger charge is -2.31. The lowest BCUT2D eigenvalue weighted by molar-refractivity contribution is -0.0122. The second-order valence-electron chi connectivity index (χ2n) is 7.54. The molecule has 0 N–H and O–H groups in total. The molecule has 0 unspecified atom stereocenters. The molecule has 1 atom stereocenters. The van der Waals surface area contributed by atoms with Gasteiger partial charge in [0.25, 0.3) is 0 Å². The van der Waals surface area contributed by atoms with E-state index in [0.29, 0.717) is 0 Å². The first kappa shape index (κ1) is 18.6. The molecular formula is C21H30N4O2. The van der Waals surface area contributed by atoms with Crippen molar-refractivity contribution in [1.82, 2.24) is 19.6 Å². The van der Waals surface area contributed by atoms with Crippen LogP contribution in [-0.4, -0.2) is 78.2 Å². The molecule has 2 aromatic rings. The number of morpholine rings is 1. The van der Waals surface area contributed by atoms with E-state index < -0.39 is 0 Å². The zero-order valence-corrected chi connectivity index (χ0v) is 16.2. The van der Waals surface area contributed by atoms with Crippen LogP contribution in [0.1, 0.15) is 12.0 Å². The Bertz CT molecular complexity index is 712. The monoisotopic (exact) mass is 370 g/mol. The third-order valence-corrected chi connectivity index (χ3v) is 5.35. The third-order valence-electron chi connectivity index (χ3n) is 5.35. The summed E-state index contributed by atoms with van der Waals surface area (Å²) in [5, 5.41) is 4.72. The topological polar surface area (TPSA) is 42.8 Å². The van der Waals surface area contributed by atoms with E-state index in [1.54, 1.807) is 0 Å². The summed E-state index contributed by atoms with van der Waals surface area (Å²) >= 11 is 0. The Morgan fingerprint density at radius 2 is 1.85 bits per heavy atom. The van der Waals surface area contributed by atoms with Gasteiger partial charge in [-0.2, -0.15) is 5.10 Å². The first-order valence-electron chi connectivity index (χ1n) is 10.00. The molecule has 0 amide bonds. The van der Waals surface area contributed by atoms with Crippen LogP contribution in [0.5, 0.6) is 0 Å². The number of aromatic nitrogens is 2. The third kappa shape index (κ3) is 4.96. The Morgan fingerprint density at radius 3 is 2.67 bits per heavy atom. The first-order chi connectivity index (χ1) is 13.3. The highest BCUT2D eigenvalue weighted by Crippen LogP contribution is 2.23. The molecule has 6 nitrogen and oxygen atoms in total. The maximum Gasteiger partial charge on any atom is 0.0968 e. The van der Waals surface area contributed by atoms with Crippen molar-refractivity contribution in [3.8, 4) is 11.3 Å². The zero-order valence-electron chi connectivity index (χ0n) is 16.2. The van der Waals surface area contributed by atoms with E-state index >= 15 is 0 Å². The summed E-state index contributed by atoms with van der Waals surface area (Å²) in [6, 6.07) is 10.5. The van der Waals surface area contributed by atoms with Gasteiger partial charge >= 0.3 is 0 Å². The molecule has 0 spiro atoms. The van der Waals surface area contributed by atoms with Crippen LogP contribution in [0.2, 0.25) is 0 Å². The summed E-state index contributed by atoms with van der Waals surface area (Å²) in [5.41, 5.74) is 3.56. The van der Waals surface area contributed by atoms with Crippen LogP contribution in [0, 0.1) is 0 Å². The van der Waals surface area contributed by atoms with Crippen molar-refractivity contribution < 1.29 is 9.47 Å². The minimum absolute atomic E-state index is 0.266. The summed E-state index contributed by atoms with van der Waals surface area (Å²) in [7, 11) is 2.00. The Hall–Kier alpha value is -1.73. The van der Waals surface area contributed by atoms with Gasteiger partial charge in [-0.3, -0.25) is 14.5 Å². The van der Waals surface area contributed by atoms with Gasteiger partial charge in [0, 0.05) is 70.2 Å². The number of aryl methyl sites for hydroxylation is 1. The molecule has 0 aliphatic carbocycles. The van der Waals surface area contributed by atoms with Crippen molar-refractivity contribution in [3.63, 3.8) is 0 Å². The van der Waals surface area contributed by atoms with Gasteiger partial charge in [-0.15, -0.1) is 0 Å². The number of hydrogen-bond acceptors (Lipinski definition) is 5. The molecule has 0 saturated carbocycles. The van der Waals surface area contributed by atoms with Gasteiger partial charge in [-0.1, -0.05) is 30.3 Å². The fourth-order valence-corrected chi connectivity index (χ4v) is 4.03. The number of ether oxygens (including phenoxy) is 2. The molecule has 0 radical (unpaired) electrons. The van der Waals surface area contributed by atoms with E-state index in [9.17, 15) is 0 Å². The number of rotatable bonds is 5. The zero-order chi connectivity index (χ0) is 18.5. The lowest BCUT2D eigenvalue weighted by atomic mass is 10.1. The van der Waals surface area contributed by atoms with Crippen LogP contribution in [-0.2, 0) is 23.1 Å². The highest BCUT2D eigenvalue weighted by molar-refractivity contribution is 5.62. The standard InChI is InChI=1S/C21H30N4O2/c1-23-14-19(21(22-23)18-6-3-2-4-7-18)15-25-8-5-11-27-20(17-25)16-24-9-12-26-13-10-24/h2-4,6-7,14,20H,5,8-13,15-17H2,1H3/t20-/m0/s1. The predicted molar refractivity (Wildman–Crippen MR) is 106 cm³/mol. The van der Waals surface area contributed by atoms with E-state index in [1.165, 1.54) is 11.1 Å². The molecule has 6 heteroatoms. The molecule has 1 aromatic carbocycles. The van der Waals surface area contributed by atoms with Gasteiger partial charge in [0.15, 0.2) is 0 Å². The summed E-state index contributed by atoms with van der Waals surface area (Å²) in [6.07, 6.45) is 3.51. The normalized spacial score (nSPS) is 22.6. The molecule has 2 aliphatic heterocycles. The van der Waals surface area contributed by atoms with Gasteiger partial charge in [-0.25, -0.2) is 0 Å². The second kappa shape index (κ2) is 8.97. The quantitative estimate of drug-likeness (QED) is 0.806. The van der Waals surface area contributed by atoms with Crippen LogP contribution in [0.25, 0.3) is 11.3 Å². The van der Waals surface area contributed by atoms with Gasteiger partial charge < -0.3 is 9.47 Å². The first-order valence-corrected chi connectivity index (χ1v) is 10.00. The lowest BCUT2D eigenvalue weighted by Crippen LogP contribution is -2.44. The average Bonchev–Trinajstić information content (AvgIpc) is 2.91. The summed E-state index contributed by atoms with van der Waals surface area (Å²) in [6.45, 7) is 8.52. The number of nitrogens with zero attached hydrogens (tertiary/aromatic N) is 4. The van der Waals surface area contributed by atoms with Gasteiger partial charge in [0.05, 0.1) is 25.0 Å². The maximum atomic E-state index is 6.15. The van der Waals surface area contributed by atoms with Crippen LogP contribution in [0.15, 0.2) is 36.5 Å². The average molecular weight is 370 g/mol. The molecule has 2 aliphatic rings. The SMILES string of the molecule is Cn1cc(CN2CCCO[C@@H](CN3CCOCC3)C2)c(-c2ccccc2)n1. The summed E-state index contributed by atoms with van der Waals surface area (Å²) < 4.78 is 13.5. The molecule has 1 aromatic heterocycles. The predicted octanol–water partition coefficient (Wildman–Crippen LogP) is 2.01. The molecule has 2 fully saturated rings. The Kier molecular flexibility index (Phi) is 6.19. The number of hydrogen-bond donors (Lipinski definition) is 0. The van der Waals surface area contributed by atoms with Crippen molar-refractivity contribution in [1.29, 1.82) is 0 Å². The fraction of sp³-hybridized carbons (Fsp3) is 0.571. The van der Waals surface area contributed by atoms with Crippen molar-refractivity contribution in [2.24, 2.45) is 7.05 Å². The van der Waals surface area contributed by atoms with Gasteiger partial charge in [0.2, 0.25) is 0 Å².